The zero-order chi connectivity index (χ0) is 27.5. The summed E-state index contributed by atoms with van der Waals surface area (Å²) < 4.78 is 2.50. The molecule has 0 bridgehead atoms. The van der Waals surface area contributed by atoms with Crippen LogP contribution in [-0.2, 0) is 0 Å². The summed E-state index contributed by atoms with van der Waals surface area (Å²) in [5.41, 5.74) is 4.47. The van der Waals surface area contributed by atoms with Gasteiger partial charge in [0.2, 0.25) is 0 Å². The quantitative estimate of drug-likeness (QED) is 0.0877. The van der Waals surface area contributed by atoms with Crippen molar-refractivity contribution in [2.45, 2.75) is 39.8 Å². The van der Waals surface area contributed by atoms with Crippen molar-refractivity contribution in [1.29, 1.82) is 0 Å². The summed E-state index contributed by atoms with van der Waals surface area (Å²) in [4.78, 5) is 13.0. The zero-order valence-electron chi connectivity index (χ0n) is 22.2. The van der Waals surface area contributed by atoms with E-state index in [2.05, 4.69) is 163 Å². The third-order valence-corrected chi connectivity index (χ3v) is 5.80. The Hall–Kier alpha value is -4.65. The molecule has 0 saturated heterocycles. The molecular weight excluding hydrogens is 476 g/mol. The fraction of sp³-hybridized carbons (Fsp3) is 0.194. The molecule has 0 amide bonds. The average Bonchev–Trinajstić information content (AvgIpc) is 2.91. The summed E-state index contributed by atoms with van der Waals surface area (Å²) in [6.07, 6.45) is 0. The van der Waals surface area contributed by atoms with Crippen LogP contribution in [0.4, 0.5) is 22.7 Å². The van der Waals surface area contributed by atoms with Crippen LogP contribution in [0.15, 0.2) is 121 Å². The Kier molecular flexibility index (Phi) is 10.00. The molecule has 0 aromatic heterocycles. The molecule has 0 fully saturated rings. The third-order valence-electron chi connectivity index (χ3n) is 5.80. The van der Waals surface area contributed by atoms with E-state index < -0.39 is 5.09 Å². The van der Waals surface area contributed by atoms with Crippen LogP contribution in [0.5, 0.6) is 0 Å². The van der Waals surface area contributed by atoms with Gasteiger partial charge < -0.3 is 15.3 Å². The summed E-state index contributed by atoms with van der Waals surface area (Å²) in [5, 5.41) is 14.8. The SMILES string of the molecule is CC(C)[N+](=C(N(c1ccccc1)c1ccccc1)N(c1ccccc1)c1ccccc1)C(C)C.O=[N+]([O-])[O-]. The van der Waals surface area contributed by atoms with Gasteiger partial charge in [-0.25, -0.2) is 0 Å². The van der Waals surface area contributed by atoms with Gasteiger partial charge in [0.1, 0.15) is 22.7 Å². The summed E-state index contributed by atoms with van der Waals surface area (Å²) in [5.74, 6) is 1.10. The lowest BCUT2D eigenvalue weighted by molar-refractivity contribution is -0.588. The predicted molar refractivity (Wildman–Crippen MR) is 156 cm³/mol. The Morgan fingerprint density at radius 1 is 0.526 bits per heavy atom. The minimum atomic E-state index is -1.75. The number of rotatable bonds is 6. The Morgan fingerprint density at radius 2 is 0.737 bits per heavy atom. The predicted octanol–water partition coefficient (Wildman–Crippen LogP) is 7.61. The van der Waals surface area contributed by atoms with Gasteiger partial charge in [0, 0.05) is 0 Å². The lowest BCUT2D eigenvalue weighted by Crippen LogP contribution is -2.50. The van der Waals surface area contributed by atoms with E-state index >= 15 is 0 Å². The molecule has 196 valence electrons. The van der Waals surface area contributed by atoms with Crippen molar-refractivity contribution in [3.63, 3.8) is 0 Å². The van der Waals surface area contributed by atoms with Crippen LogP contribution >= 0.6 is 0 Å². The van der Waals surface area contributed by atoms with Crippen molar-refractivity contribution in [3.8, 4) is 0 Å². The van der Waals surface area contributed by atoms with Crippen LogP contribution in [-0.4, -0.2) is 27.7 Å². The minimum absolute atomic E-state index is 0.278. The highest BCUT2D eigenvalue weighted by Gasteiger charge is 2.36. The maximum atomic E-state index is 8.25. The fourth-order valence-electron chi connectivity index (χ4n) is 4.46. The second kappa shape index (κ2) is 13.6. The van der Waals surface area contributed by atoms with E-state index in [0.29, 0.717) is 0 Å². The number of benzene rings is 4. The molecule has 0 aliphatic heterocycles. The third kappa shape index (κ3) is 7.20. The molecule has 0 atom stereocenters. The Bertz CT molecular complexity index is 1120. The van der Waals surface area contributed by atoms with Crippen LogP contribution in [0.1, 0.15) is 27.7 Å². The summed E-state index contributed by atoms with van der Waals surface area (Å²) in [6, 6.07) is 43.1. The number of hydrogen-bond acceptors (Lipinski definition) is 3. The number of nitrogens with zero attached hydrogens (tertiary/aromatic N) is 4. The van der Waals surface area contributed by atoms with Crippen LogP contribution in [0.25, 0.3) is 0 Å². The van der Waals surface area contributed by atoms with Gasteiger partial charge in [0.15, 0.2) is 0 Å². The maximum Gasteiger partial charge on any atom is 0.371 e. The van der Waals surface area contributed by atoms with Crippen molar-refractivity contribution in [2.75, 3.05) is 9.80 Å². The Morgan fingerprint density at radius 3 is 0.921 bits per heavy atom. The van der Waals surface area contributed by atoms with Crippen LogP contribution in [0, 0.1) is 15.3 Å². The van der Waals surface area contributed by atoms with Gasteiger partial charge in [-0.1, -0.05) is 72.8 Å². The summed E-state index contributed by atoms with van der Waals surface area (Å²) in [6.45, 7) is 9.06. The molecule has 0 spiro atoms. The normalized spacial score (nSPS) is 10.4. The number of hydrogen-bond donors (Lipinski definition) is 0. The van der Waals surface area contributed by atoms with Gasteiger partial charge in [-0.3, -0.25) is 4.58 Å². The molecule has 0 unspecified atom stereocenters. The van der Waals surface area contributed by atoms with E-state index in [9.17, 15) is 0 Å². The molecule has 0 saturated carbocycles. The minimum Gasteiger partial charge on any atom is -0.356 e. The highest BCUT2D eigenvalue weighted by atomic mass is 16.9. The Labute approximate surface area is 224 Å². The van der Waals surface area contributed by atoms with Crippen LogP contribution in [0.2, 0.25) is 0 Å². The molecule has 4 rings (SSSR count). The van der Waals surface area contributed by atoms with E-state index in [4.69, 9.17) is 15.3 Å². The first-order valence-electron chi connectivity index (χ1n) is 12.6. The highest BCUT2D eigenvalue weighted by Crippen LogP contribution is 2.33. The fourth-order valence-corrected chi connectivity index (χ4v) is 4.46. The second-order valence-corrected chi connectivity index (χ2v) is 9.13. The topological polar surface area (TPSA) is 75.7 Å². The van der Waals surface area contributed by atoms with Crippen molar-refractivity contribution in [2.24, 2.45) is 0 Å². The molecule has 0 heterocycles. The Balaban J connectivity index is 0.000000934. The van der Waals surface area contributed by atoms with Gasteiger partial charge in [0.25, 0.3) is 0 Å². The van der Waals surface area contributed by atoms with Gasteiger partial charge in [-0.05, 0) is 76.2 Å². The molecule has 0 radical (unpaired) electrons. The van der Waals surface area contributed by atoms with E-state index in [1.165, 1.54) is 0 Å². The van der Waals surface area contributed by atoms with Gasteiger partial charge in [0.05, 0.1) is 17.2 Å². The largest absolute Gasteiger partial charge is 0.371 e. The molecule has 38 heavy (non-hydrogen) atoms. The van der Waals surface area contributed by atoms with Gasteiger partial charge in [-0.15, -0.1) is 0 Å². The first-order chi connectivity index (χ1) is 18.3. The number of anilines is 4. The summed E-state index contributed by atoms with van der Waals surface area (Å²) in [7, 11) is 0. The van der Waals surface area contributed by atoms with E-state index in [0.717, 1.165) is 28.7 Å². The maximum absolute atomic E-state index is 8.25. The van der Waals surface area contributed by atoms with Crippen LogP contribution < -0.4 is 9.80 Å². The standard InChI is InChI=1S/C31H34N3.NO3/c1-25(2)32(26(3)4)31(33(27-17-9-5-10-18-27)28-19-11-6-12-20-28)34(29-21-13-7-14-22-29)30-23-15-8-16-24-30;2-1(3)4/h5-26H,1-4H3;/q+1;-1. The molecule has 7 nitrogen and oxygen atoms in total. The molecule has 0 aliphatic carbocycles. The van der Waals surface area contributed by atoms with Crippen molar-refractivity contribution in [1.82, 2.24) is 0 Å². The molecule has 7 heteroatoms. The van der Waals surface area contributed by atoms with Crippen molar-refractivity contribution < 1.29 is 9.66 Å². The first-order valence-corrected chi connectivity index (χ1v) is 12.6. The molecule has 4 aromatic carbocycles. The van der Waals surface area contributed by atoms with Crippen molar-refractivity contribution >= 4 is 28.7 Å². The average molecular weight is 511 g/mol. The number of guanidine groups is 1. The first kappa shape index (κ1) is 27.9. The monoisotopic (exact) mass is 510 g/mol. The molecule has 4 aromatic rings. The number of para-hydroxylation sites is 4. The zero-order valence-corrected chi connectivity index (χ0v) is 22.2. The lowest BCUT2D eigenvalue weighted by Gasteiger charge is -2.33. The summed E-state index contributed by atoms with van der Waals surface area (Å²) >= 11 is 0. The van der Waals surface area contributed by atoms with Crippen molar-refractivity contribution in [3.05, 3.63) is 137 Å². The van der Waals surface area contributed by atoms with E-state index in [1.807, 2.05) is 0 Å². The lowest BCUT2D eigenvalue weighted by atomic mass is 10.2. The smallest absolute Gasteiger partial charge is 0.356 e. The molecule has 0 N–H and O–H groups in total. The van der Waals surface area contributed by atoms with Gasteiger partial charge >= 0.3 is 5.96 Å². The van der Waals surface area contributed by atoms with Gasteiger partial charge in [-0.2, -0.15) is 9.80 Å². The molecule has 0 aliphatic rings. The van der Waals surface area contributed by atoms with E-state index in [-0.39, 0.29) is 12.1 Å². The van der Waals surface area contributed by atoms with E-state index in [1.54, 1.807) is 0 Å². The highest BCUT2D eigenvalue weighted by molar-refractivity contribution is 6.13. The molecular formula is C31H34N4O3. The van der Waals surface area contributed by atoms with Crippen LogP contribution in [0.3, 0.4) is 0 Å². The second-order valence-electron chi connectivity index (χ2n) is 9.13.